The highest BCUT2D eigenvalue weighted by molar-refractivity contribution is 5.00. The van der Waals surface area contributed by atoms with Crippen LogP contribution in [0.1, 0.15) is 26.0 Å². The van der Waals surface area contributed by atoms with Crippen LogP contribution in [0.4, 0.5) is 0 Å². The van der Waals surface area contributed by atoms with Gasteiger partial charge in [0.2, 0.25) is 0 Å². The molecule has 0 saturated carbocycles. The second-order valence-corrected chi connectivity index (χ2v) is 5.49. The fourth-order valence-electron chi connectivity index (χ4n) is 2.64. The third-order valence-electron chi connectivity index (χ3n) is 3.13. The van der Waals surface area contributed by atoms with Gasteiger partial charge in [-0.05, 0) is 32.4 Å². The Morgan fingerprint density at radius 1 is 1.59 bits per heavy atom. The van der Waals surface area contributed by atoms with Crippen molar-refractivity contribution < 1.29 is 9.52 Å². The molecule has 0 spiro atoms. The number of piperazine rings is 1. The lowest BCUT2D eigenvalue weighted by Crippen LogP contribution is -2.61. The van der Waals surface area contributed by atoms with E-state index in [2.05, 4.69) is 24.1 Å². The summed E-state index contributed by atoms with van der Waals surface area (Å²) < 4.78 is 5.39. The number of hydrogen-bond acceptors (Lipinski definition) is 4. The van der Waals surface area contributed by atoms with Crippen LogP contribution < -0.4 is 5.32 Å². The van der Waals surface area contributed by atoms with Gasteiger partial charge in [0.15, 0.2) is 0 Å². The topological polar surface area (TPSA) is 48.6 Å². The van der Waals surface area contributed by atoms with Crippen LogP contribution in [0.3, 0.4) is 0 Å². The fourth-order valence-corrected chi connectivity index (χ4v) is 2.64. The van der Waals surface area contributed by atoms with Crippen molar-refractivity contribution >= 4 is 0 Å². The molecular weight excluding hydrogens is 216 g/mol. The van der Waals surface area contributed by atoms with Gasteiger partial charge in [-0.3, -0.25) is 4.90 Å². The molecule has 1 aromatic rings. The summed E-state index contributed by atoms with van der Waals surface area (Å²) in [7, 11) is 0. The van der Waals surface area contributed by atoms with Gasteiger partial charge in [-0.25, -0.2) is 0 Å². The van der Waals surface area contributed by atoms with Gasteiger partial charge in [-0.1, -0.05) is 0 Å². The van der Waals surface area contributed by atoms with Gasteiger partial charge >= 0.3 is 0 Å². The molecule has 4 nitrogen and oxygen atoms in total. The first kappa shape index (κ1) is 12.6. The van der Waals surface area contributed by atoms with Crippen LogP contribution in [-0.2, 0) is 6.54 Å². The highest BCUT2D eigenvalue weighted by atomic mass is 16.3. The zero-order valence-corrected chi connectivity index (χ0v) is 10.6. The minimum absolute atomic E-state index is 0.0880. The fraction of sp³-hybridized carbons (Fsp3) is 0.692. The Kier molecular flexibility index (Phi) is 3.86. The average molecular weight is 238 g/mol. The largest absolute Gasteiger partial charge is 0.468 e. The lowest BCUT2D eigenvalue weighted by molar-refractivity contribution is 0.0927. The average Bonchev–Trinajstić information content (AvgIpc) is 2.68. The van der Waals surface area contributed by atoms with E-state index >= 15 is 0 Å². The van der Waals surface area contributed by atoms with Gasteiger partial charge in [0, 0.05) is 31.3 Å². The quantitative estimate of drug-likeness (QED) is 0.828. The summed E-state index contributed by atoms with van der Waals surface area (Å²) in [5.74, 6) is 1.01. The second kappa shape index (κ2) is 5.21. The maximum atomic E-state index is 9.05. The van der Waals surface area contributed by atoms with Gasteiger partial charge in [0.25, 0.3) is 0 Å². The van der Waals surface area contributed by atoms with Crippen LogP contribution in [0.5, 0.6) is 0 Å². The Bertz CT molecular complexity index is 335. The highest BCUT2D eigenvalue weighted by Crippen LogP contribution is 2.18. The van der Waals surface area contributed by atoms with Crippen molar-refractivity contribution in [2.75, 3.05) is 19.7 Å². The van der Waals surface area contributed by atoms with Gasteiger partial charge in [0.05, 0.1) is 12.8 Å². The van der Waals surface area contributed by atoms with Gasteiger partial charge in [0.1, 0.15) is 5.76 Å². The lowest BCUT2D eigenvalue weighted by Gasteiger charge is -2.43. The number of rotatable bonds is 4. The van der Waals surface area contributed by atoms with Crippen LogP contribution in [0, 0.1) is 0 Å². The van der Waals surface area contributed by atoms with Crippen LogP contribution in [0.15, 0.2) is 22.8 Å². The van der Waals surface area contributed by atoms with E-state index in [1.54, 1.807) is 6.26 Å². The number of hydrogen-bond donors (Lipinski definition) is 2. The van der Waals surface area contributed by atoms with Crippen molar-refractivity contribution in [3.05, 3.63) is 24.2 Å². The molecule has 0 aliphatic carbocycles. The number of aliphatic hydroxyl groups is 1. The smallest absolute Gasteiger partial charge is 0.117 e. The molecule has 4 heteroatoms. The van der Waals surface area contributed by atoms with Crippen molar-refractivity contribution in [1.29, 1.82) is 0 Å². The summed E-state index contributed by atoms with van der Waals surface area (Å²) in [6, 6.07) is 4.29. The van der Waals surface area contributed by atoms with Gasteiger partial charge < -0.3 is 14.8 Å². The lowest BCUT2D eigenvalue weighted by atomic mass is 9.97. The summed E-state index contributed by atoms with van der Waals surface area (Å²) >= 11 is 0. The zero-order valence-electron chi connectivity index (χ0n) is 10.6. The maximum absolute atomic E-state index is 9.05. The molecule has 1 unspecified atom stereocenters. The first-order valence-electron chi connectivity index (χ1n) is 6.22. The van der Waals surface area contributed by atoms with E-state index < -0.39 is 0 Å². The molecule has 17 heavy (non-hydrogen) atoms. The minimum atomic E-state index is 0.0880. The Morgan fingerprint density at radius 3 is 3.06 bits per heavy atom. The van der Waals surface area contributed by atoms with Crippen LogP contribution >= 0.6 is 0 Å². The molecule has 1 aliphatic rings. The molecular formula is C13H22N2O2. The molecule has 0 radical (unpaired) electrons. The molecule has 1 aliphatic heterocycles. The number of nitrogens with zero attached hydrogens (tertiary/aromatic N) is 1. The zero-order chi connectivity index (χ0) is 12.3. The third kappa shape index (κ3) is 3.56. The van der Waals surface area contributed by atoms with E-state index in [-0.39, 0.29) is 12.1 Å². The Balaban J connectivity index is 1.97. The van der Waals surface area contributed by atoms with E-state index in [0.717, 1.165) is 31.8 Å². The number of furan rings is 1. The van der Waals surface area contributed by atoms with E-state index in [1.165, 1.54) is 0 Å². The standard InChI is InChI=1S/C13H22N2O2/c1-13(2)10-15(8-11(14-13)5-6-16)9-12-4-3-7-17-12/h3-4,7,11,14,16H,5-6,8-10H2,1-2H3. The van der Waals surface area contributed by atoms with Gasteiger partial charge in [-0.2, -0.15) is 0 Å². The maximum Gasteiger partial charge on any atom is 0.117 e. The summed E-state index contributed by atoms with van der Waals surface area (Å²) in [5.41, 5.74) is 0.0880. The molecule has 1 saturated heterocycles. The Labute approximate surface area is 103 Å². The second-order valence-electron chi connectivity index (χ2n) is 5.49. The van der Waals surface area contributed by atoms with Gasteiger partial charge in [-0.15, -0.1) is 0 Å². The van der Waals surface area contributed by atoms with E-state index in [0.29, 0.717) is 6.04 Å². The normalized spacial score (nSPS) is 25.0. The molecule has 0 bridgehead atoms. The summed E-state index contributed by atoms with van der Waals surface area (Å²) in [6.45, 7) is 7.44. The molecule has 2 N–H and O–H groups in total. The first-order chi connectivity index (χ1) is 8.09. The van der Waals surface area contributed by atoms with Crippen molar-refractivity contribution in [2.45, 2.75) is 38.4 Å². The van der Waals surface area contributed by atoms with Crippen molar-refractivity contribution in [1.82, 2.24) is 10.2 Å². The molecule has 2 heterocycles. The molecule has 1 fully saturated rings. The van der Waals surface area contributed by atoms with E-state index in [4.69, 9.17) is 9.52 Å². The Morgan fingerprint density at radius 2 is 2.41 bits per heavy atom. The van der Waals surface area contributed by atoms with E-state index in [9.17, 15) is 0 Å². The molecule has 96 valence electrons. The number of nitrogens with one attached hydrogen (secondary N) is 1. The van der Waals surface area contributed by atoms with Crippen LogP contribution in [0.2, 0.25) is 0 Å². The predicted octanol–water partition coefficient (Wildman–Crippen LogP) is 1.21. The molecule has 2 rings (SSSR count). The first-order valence-corrected chi connectivity index (χ1v) is 6.22. The minimum Gasteiger partial charge on any atom is -0.468 e. The van der Waals surface area contributed by atoms with Crippen LogP contribution in [-0.4, -0.2) is 41.3 Å². The summed E-state index contributed by atoms with van der Waals surface area (Å²) in [6.07, 6.45) is 2.52. The Hall–Kier alpha value is -0.840. The van der Waals surface area contributed by atoms with Crippen molar-refractivity contribution in [3.63, 3.8) is 0 Å². The third-order valence-corrected chi connectivity index (χ3v) is 3.13. The highest BCUT2D eigenvalue weighted by Gasteiger charge is 2.31. The molecule has 1 atom stereocenters. The molecule has 0 amide bonds. The molecule has 0 aromatic carbocycles. The molecule has 1 aromatic heterocycles. The van der Waals surface area contributed by atoms with E-state index in [1.807, 2.05) is 12.1 Å². The van der Waals surface area contributed by atoms with Crippen LogP contribution in [0.25, 0.3) is 0 Å². The van der Waals surface area contributed by atoms with Crippen molar-refractivity contribution in [2.24, 2.45) is 0 Å². The number of aliphatic hydroxyl groups excluding tert-OH is 1. The summed E-state index contributed by atoms with van der Waals surface area (Å²) in [4.78, 5) is 2.38. The monoisotopic (exact) mass is 238 g/mol. The SMILES string of the molecule is CC1(C)CN(Cc2ccco2)CC(CCO)N1. The summed E-state index contributed by atoms with van der Waals surface area (Å²) in [5, 5.41) is 12.6. The predicted molar refractivity (Wildman–Crippen MR) is 66.7 cm³/mol. The van der Waals surface area contributed by atoms with Crippen molar-refractivity contribution in [3.8, 4) is 0 Å².